The van der Waals surface area contributed by atoms with Gasteiger partial charge in [-0.1, -0.05) is 12.2 Å². The summed E-state index contributed by atoms with van der Waals surface area (Å²) in [5.74, 6) is 18.9. The molecule has 132 valence electrons. The quantitative estimate of drug-likeness (QED) is 0.419. The normalized spacial score (nSPS) is 77.1. The molecule has 8 bridgehead atoms. The van der Waals surface area contributed by atoms with Crippen LogP contribution in [0, 0.1) is 94.7 Å². The third-order valence-electron chi connectivity index (χ3n) is 12.8. The minimum atomic E-state index is 1.02. The zero-order chi connectivity index (χ0) is 15.6. The molecule has 16 unspecified atom stereocenters. The molecular weight excluding hydrogens is 300 g/mol. The molecule has 0 radical (unpaired) electrons. The van der Waals surface area contributed by atoms with E-state index in [9.17, 15) is 0 Å². The molecule has 0 N–H and O–H groups in total. The van der Waals surface area contributed by atoms with Crippen LogP contribution in [0.2, 0.25) is 0 Å². The van der Waals surface area contributed by atoms with Crippen molar-refractivity contribution >= 4 is 0 Å². The second kappa shape index (κ2) is 3.81. The van der Waals surface area contributed by atoms with Crippen LogP contribution in [0.15, 0.2) is 12.2 Å². The molecule has 16 atom stereocenters. The fourth-order valence-corrected chi connectivity index (χ4v) is 13.1. The lowest BCUT2D eigenvalue weighted by molar-refractivity contribution is -0.0169. The summed E-state index contributed by atoms with van der Waals surface area (Å²) in [7, 11) is 0. The van der Waals surface area contributed by atoms with E-state index in [0.717, 1.165) is 23.7 Å². The van der Waals surface area contributed by atoms with Crippen LogP contribution in [-0.2, 0) is 0 Å². The Morgan fingerprint density at radius 3 is 1.76 bits per heavy atom. The molecule has 0 heterocycles. The first-order valence-electron chi connectivity index (χ1n) is 12.1. The van der Waals surface area contributed by atoms with Crippen molar-refractivity contribution in [2.45, 2.75) is 44.9 Å². The molecule has 9 aliphatic rings. The van der Waals surface area contributed by atoms with Crippen LogP contribution in [0.4, 0.5) is 0 Å². The van der Waals surface area contributed by atoms with Gasteiger partial charge in [-0.3, -0.25) is 0 Å². The molecule has 0 aromatic rings. The minimum absolute atomic E-state index is 1.02. The standard InChI is InChI=1S/C25H32/c1-2-11-5-10(1)14-7-15-16-8-19(23(15)20(11)14)25-18-9-17(24(16)25)21-12-3-4-13(6-12)22(18)21/h1-2,10-25H,3-9H2. The van der Waals surface area contributed by atoms with E-state index in [4.69, 9.17) is 0 Å². The van der Waals surface area contributed by atoms with Crippen LogP contribution in [0.1, 0.15) is 44.9 Å². The Balaban J connectivity index is 1.14. The Labute approximate surface area is 152 Å². The summed E-state index contributed by atoms with van der Waals surface area (Å²) in [5, 5.41) is 0. The van der Waals surface area contributed by atoms with E-state index in [2.05, 4.69) is 12.2 Å². The van der Waals surface area contributed by atoms with Gasteiger partial charge in [0.2, 0.25) is 0 Å². The number of rotatable bonds is 0. The highest BCUT2D eigenvalue weighted by atomic mass is 14.8. The molecule has 0 spiro atoms. The molecule has 9 aliphatic carbocycles. The second-order valence-electron chi connectivity index (χ2n) is 12.4. The summed E-state index contributed by atoms with van der Waals surface area (Å²) < 4.78 is 0. The maximum absolute atomic E-state index is 2.67. The molecule has 9 rings (SSSR count). The summed E-state index contributed by atoms with van der Waals surface area (Å²) in [4.78, 5) is 0. The molecule has 8 saturated carbocycles. The van der Waals surface area contributed by atoms with E-state index in [1.54, 1.807) is 44.9 Å². The topological polar surface area (TPSA) is 0 Å². The van der Waals surface area contributed by atoms with E-state index in [1.807, 2.05) is 0 Å². The molecule has 0 heteroatoms. The SMILES string of the molecule is C1=CC2CC1C1CC3C4CC(C3C21)C1C2CC(C3C5CCC(C5)C23)C41. The van der Waals surface area contributed by atoms with Crippen LogP contribution in [0.25, 0.3) is 0 Å². The van der Waals surface area contributed by atoms with Crippen LogP contribution in [0.3, 0.4) is 0 Å². The van der Waals surface area contributed by atoms with Crippen LogP contribution >= 0.6 is 0 Å². The highest BCUT2D eigenvalue weighted by Crippen LogP contribution is 2.81. The summed E-state index contributed by atoms with van der Waals surface area (Å²) in [6, 6.07) is 0. The Morgan fingerprint density at radius 2 is 0.960 bits per heavy atom. The molecule has 0 aromatic heterocycles. The van der Waals surface area contributed by atoms with Crippen molar-refractivity contribution in [3.8, 4) is 0 Å². The summed E-state index contributed by atoms with van der Waals surface area (Å²) in [6.07, 6.45) is 16.9. The van der Waals surface area contributed by atoms with Crippen molar-refractivity contribution in [1.82, 2.24) is 0 Å². The Hall–Kier alpha value is -0.260. The average molecular weight is 333 g/mol. The Bertz CT molecular complexity index is 705. The van der Waals surface area contributed by atoms with Gasteiger partial charge in [-0.2, -0.15) is 0 Å². The smallest absolute Gasteiger partial charge is 0.0194 e. The first kappa shape index (κ1) is 13.0. The van der Waals surface area contributed by atoms with E-state index in [1.165, 1.54) is 71.0 Å². The van der Waals surface area contributed by atoms with Crippen molar-refractivity contribution in [2.75, 3.05) is 0 Å². The van der Waals surface area contributed by atoms with Gasteiger partial charge < -0.3 is 0 Å². The first-order valence-corrected chi connectivity index (χ1v) is 12.1. The number of hydrogen-bond acceptors (Lipinski definition) is 0. The zero-order valence-electron chi connectivity index (χ0n) is 15.3. The molecular formula is C25H32. The lowest BCUT2D eigenvalue weighted by atomic mass is 9.56. The maximum atomic E-state index is 2.67. The van der Waals surface area contributed by atoms with Crippen molar-refractivity contribution in [3.63, 3.8) is 0 Å². The predicted molar refractivity (Wildman–Crippen MR) is 97.3 cm³/mol. The van der Waals surface area contributed by atoms with Gasteiger partial charge in [-0.15, -0.1) is 0 Å². The van der Waals surface area contributed by atoms with Gasteiger partial charge in [0.1, 0.15) is 0 Å². The molecule has 0 nitrogen and oxygen atoms in total. The number of allylic oxidation sites excluding steroid dienone is 2. The second-order valence-corrected chi connectivity index (χ2v) is 12.4. The lowest BCUT2D eigenvalue weighted by Crippen LogP contribution is -2.45. The zero-order valence-corrected chi connectivity index (χ0v) is 15.3. The number of fused-ring (bicyclic) bond motifs is 25. The third kappa shape index (κ3) is 1.17. The van der Waals surface area contributed by atoms with Gasteiger partial charge >= 0.3 is 0 Å². The third-order valence-corrected chi connectivity index (χ3v) is 12.8. The van der Waals surface area contributed by atoms with E-state index >= 15 is 0 Å². The van der Waals surface area contributed by atoms with Crippen LogP contribution < -0.4 is 0 Å². The molecule has 8 fully saturated rings. The molecule has 25 heavy (non-hydrogen) atoms. The molecule has 0 amide bonds. The fourth-order valence-electron chi connectivity index (χ4n) is 13.1. The van der Waals surface area contributed by atoms with Gasteiger partial charge in [0.15, 0.2) is 0 Å². The van der Waals surface area contributed by atoms with Gasteiger partial charge in [0.05, 0.1) is 0 Å². The van der Waals surface area contributed by atoms with E-state index in [-0.39, 0.29) is 0 Å². The predicted octanol–water partition coefficient (Wildman–Crippen LogP) is 5.25. The van der Waals surface area contributed by atoms with Crippen molar-refractivity contribution < 1.29 is 0 Å². The summed E-state index contributed by atoms with van der Waals surface area (Å²) in [6.45, 7) is 0. The van der Waals surface area contributed by atoms with Crippen molar-refractivity contribution in [2.24, 2.45) is 94.7 Å². The van der Waals surface area contributed by atoms with E-state index in [0.29, 0.717) is 0 Å². The summed E-state index contributed by atoms with van der Waals surface area (Å²) in [5.41, 5.74) is 0. The molecule has 0 saturated heterocycles. The van der Waals surface area contributed by atoms with Gasteiger partial charge in [-0.05, 0) is 140 Å². The lowest BCUT2D eigenvalue weighted by Gasteiger charge is -2.49. The summed E-state index contributed by atoms with van der Waals surface area (Å²) >= 11 is 0. The van der Waals surface area contributed by atoms with Crippen LogP contribution in [-0.4, -0.2) is 0 Å². The largest absolute Gasteiger partial charge is 0.0848 e. The van der Waals surface area contributed by atoms with Crippen LogP contribution in [0.5, 0.6) is 0 Å². The van der Waals surface area contributed by atoms with Gasteiger partial charge in [-0.25, -0.2) is 0 Å². The highest BCUT2D eigenvalue weighted by molar-refractivity contribution is 5.26. The Kier molecular flexibility index (Phi) is 1.98. The van der Waals surface area contributed by atoms with Gasteiger partial charge in [0.25, 0.3) is 0 Å². The Morgan fingerprint density at radius 1 is 0.400 bits per heavy atom. The molecule has 0 aliphatic heterocycles. The van der Waals surface area contributed by atoms with E-state index < -0.39 is 0 Å². The molecule has 0 aromatic carbocycles. The van der Waals surface area contributed by atoms with Crippen molar-refractivity contribution in [3.05, 3.63) is 12.2 Å². The maximum Gasteiger partial charge on any atom is -0.0194 e. The van der Waals surface area contributed by atoms with Crippen molar-refractivity contribution in [1.29, 1.82) is 0 Å². The first-order chi connectivity index (χ1) is 12.4. The highest BCUT2D eigenvalue weighted by Gasteiger charge is 2.75. The monoisotopic (exact) mass is 332 g/mol. The number of hydrogen-bond donors (Lipinski definition) is 0. The average Bonchev–Trinajstić information content (AvgIpc) is 3.48. The fraction of sp³-hybridized carbons (Fsp3) is 0.920. The van der Waals surface area contributed by atoms with Gasteiger partial charge in [0, 0.05) is 0 Å². The minimum Gasteiger partial charge on any atom is -0.0848 e.